The van der Waals surface area contributed by atoms with Gasteiger partial charge in [0.2, 0.25) is 0 Å². The van der Waals surface area contributed by atoms with E-state index >= 15 is 0 Å². The molecule has 2 aromatic heterocycles. The average Bonchev–Trinajstić information content (AvgIpc) is 2.45. The van der Waals surface area contributed by atoms with Crippen molar-refractivity contribution in [1.29, 1.82) is 0 Å². The van der Waals surface area contributed by atoms with E-state index in [0.29, 0.717) is 11.4 Å². The molecule has 0 aliphatic rings. The Morgan fingerprint density at radius 3 is 2.85 bits per heavy atom. The van der Waals surface area contributed by atoms with Gasteiger partial charge in [0.25, 0.3) is 0 Å². The van der Waals surface area contributed by atoms with Crippen LogP contribution in [0.4, 0.5) is 4.39 Å². The minimum atomic E-state index is -0.327. The summed E-state index contributed by atoms with van der Waals surface area (Å²) in [5.74, 6) is -0.327. The maximum absolute atomic E-state index is 13.3. The van der Waals surface area contributed by atoms with Crippen molar-refractivity contribution in [2.45, 2.75) is 25.8 Å². The van der Waals surface area contributed by atoms with Gasteiger partial charge < -0.3 is 5.32 Å². The molecule has 2 rings (SSSR count). The van der Waals surface area contributed by atoms with Gasteiger partial charge in [-0.15, -0.1) is 0 Å². The van der Waals surface area contributed by atoms with Gasteiger partial charge in [-0.1, -0.05) is 18.5 Å². The molecule has 0 radical (unpaired) electrons. The molecule has 0 saturated heterocycles. The first-order valence-corrected chi connectivity index (χ1v) is 7.00. The molecular weight excluding hydrogens is 277 g/mol. The Balaban J connectivity index is 2.21. The fourth-order valence-electron chi connectivity index (χ4n) is 2.03. The highest BCUT2D eigenvalue weighted by Gasteiger charge is 2.14. The summed E-state index contributed by atoms with van der Waals surface area (Å²) in [6.07, 6.45) is 7.90. The average molecular weight is 294 g/mol. The van der Waals surface area contributed by atoms with Crippen molar-refractivity contribution in [3.63, 3.8) is 0 Å². The molecule has 1 N–H and O–H groups in total. The van der Waals surface area contributed by atoms with Crippen LogP contribution in [0.1, 0.15) is 30.5 Å². The predicted octanol–water partition coefficient (Wildman–Crippen LogP) is 3.55. The van der Waals surface area contributed by atoms with Crippen molar-refractivity contribution in [3.05, 3.63) is 58.9 Å². The van der Waals surface area contributed by atoms with Crippen molar-refractivity contribution in [3.8, 4) is 0 Å². The molecule has 2 aromatic rings. The van der Waals surface area contributed by atoms with E-state index in [9.17, 15) is 4.39 Å². The minimum Gasteiger partial charge on any atom is -0.310 e. The molecule has 0 bridgehead atoms. The number of pyridine rings is 2. The maximum atomic E-state index is 13.3. The van der Waals surface area contributed by atoms with Crippen LogP contribution in [0, 0.1) is 5.82 Å². The molecule has 0 aromatic carbocycles. The topological polar surface area (TPSA) is 37.8 Å². The summed E-state index contributed by atoms with van der Waals surface area (Å²) in [6.45, 7) is 2.94. The fraction of sp³-hybridized carbons (Fsp3) is 0.333. The molecule has 3 nitrogen and oxygen atoms in total. The predicted molar refractivity (Wildman–Crippen MR) is 78.2 cm³/mol. The van der Waals surface area contributed by atoms with Gasteiger partial charge in [0.05, 0.1) is 11.2 Å². The van der Waals surface area contributed by atoms with Crippen LogP contribution in [-0.4, -0.2) is 16.5 Å². The number of aromatic nitrogens is 2. The van der Waals surface area contributed by atoms with Crippen LogP contribution in [0.15, 0.2) is 36.9 Å². The molecule has 1 unspecified atom stereocenters. The van der Waals surface area contributed by atoms with Crippen LogP contribution in [0.2, 0.25) is 5.02 Å². The number of nitrogens with one attached hydrogen (secondary N) is 1. The van der Waals surface area contributed by atoms with Crippen molar-refractivity contribution in [1.82, 2.24) is 15.3 Å². The van der Waals surface area contributed by atoms with E-state index in [1.165, 1.54) is 12.3 Å². The van der Waals surface area contributed by atoms with Gasteiger partial charge in [0.15, 0.2) is 0 Å². The smallest absolute Gasteiger partial charge is 0.141 e. The number of hydrogen-bond acceptors (Lipinski definition) is 3. The zero-order valence-corrected chi connectivity index (χ0v) is 12.1. The quantitative estimate of drug-likeness (QED) is 0.885. The molecule has 0 aliphatic carbocycles. The summed E-state index contributed by atoms with van der Waals surface area (Å²) in [5.41, 5.74) is 1.81. The van der Waals surface area contributed by atoms with Gasteiger partial charge in [-0.3, -0.25) is 9.97 Å². The lowest BCUT2D eigenvalue weighted by Gasteiger charge is -2.19. The maximum Gasteiger partial charge on any atom is 0.141 e. The van der Waals surface area contributed by atoms with Crippen molar-refractivity contribution in [2.24, 2.45) is 0 Å². The van der Waals surface area contributed by atoms with Gasteiger partial charge in [-0.05, 0) is 42.6 Å². The molecule has 0 amide bonds. The first kappa shape index (κ1) is 14.9. The Kier molecular flexibility index (Phi) is 5.44. The van der Waals surface area contributed by atoms with E-state index < -0.39 is 0 Å². The lowest BCUT2D eigenvalue weighted by molar-refractivity contribution is 0.521. The molecule has 5 heteroatoms. The van der Waals surface area contributed by atoms with Crippen LogP contribution < -0.4 is 5.32 Å². The van der Waals surface area contributed by atoms with Gasteiger partial charge in [-0.2, -0.15) is 0 Å². The highest BCUT2D eigenvalue weighted by atomic mass is 35.5. The number of rotatable bonds is 6. The lowest BCUT2D eigenvalue weighted by atomic mass is 10.0. The zero-order valence-electron chi connectivity index (χ0n) is 11.3. The SMILES string of the molecule is CCCNC(Cc1ccncc1Cl)c1cncc(F)c1. The summed E-state index contributed by atoms with van der Waals surface area (Å²) in [4.78, 5) is 7.89. The van der Waals surface area contributed by atoms with E-state index in [-0.39, 0.29) is 11.9 Å². The standard InChI is InChI=1S/C15H17ClFN3/c1-2-4-20-15(12-6-13(17)9-19-8-12)7-11-3-5-18-10-14(11)16/h3,5-6,8-10,15,20H,2,4,7H2,1H3. The number of hydrogen-bond donors (Lipinski definition) is 1. The van der Waals surface area contributed by atoms with Gasteiger partial charge in [0, 0.05) is 24.6 Å². The third-order valence-electron chi connectivity index (χ3n) is 3.05. The summed E-state index contributed by atoms with van der Waals surface area (Å²) < 4.78 is 13.3. The molecule has 0 spiro atoms. The molecule has 0 aliphatic heterocycles. The van der Waals surface area contributed by atoms with E-state index in [1.807, 2.05) is 6.07 Å². The van der Waals surface area contributed by atoms with Crippen LogP contribution in [-0.2, 0) is 6.42 Å². The van der Waals surface area contributed by atoms with Crippen LogP contribution >= 0.6 is 11.6 Å². The molecule has 1 atom stereocenters. The van der Waals surface area contributed by atoms with Gasteiger partial charge in [-0.25, -0.2) is 4.39 Å². The first-order chi connectivity index (χ1) is 9.70. The summed E-state index contributed by atoms with van der Waals surface area (Å²) in [6, 6.07) is 3.38. The largest absolute Gasteiger partial charge is 0.310 e. The molecule has 0 fully saturated rings. The molecular formula is C15H17ClFN3. The van der Waals surface area contributed by atoms with Gasteiger partial charge in [0.1, 0.15) is 5.82 Å². The van der Waals surface area contributed by atoms with Crippen LogP contribution in [0.5, 0.6) is 0 Å². The van der Waals surface area contributed by atoms with Crippen LogP contribution in [0.3, 0.4) is 0 Å². The molecule has 20 heavy (non-hydrogen) atoms. The third kappa shape index (κ3) is 3.99. The van der Waals surface area contributed by atoms with E-state index in [2.05, 4.69) is 22.2 Å². The number of halogens is 2. The van der Waals surface area contributed by atoms with E-state index in [4.69, 9.17) is 11.6 Å². The summed E-state index contributed by atoms with van der Waals surface area (Å²) in [7, 11) is 0. The second kappa shape index (κ2) is 7.31. The Hall–Kier alpha value is -1.52. The zero-order chi connectivity index (χ0) is 14.4. The van der Waals surface area contributed by atoms with Crippen molar-refractivity contribution >= 4 is 11.6 Å². The molecule has 0 saturated carbocycles. The van der Waals surface area contributed by atoms with Crippen LogP contribution in [0.25, 0.3) is 0 Å². The van der Waals surface area contributed by atoms with Crippen molar-refractivity contribution in [2.75, 3.05) is 6.54 Å². The Bertz CT molecular complexity index is 562. The highest BCUT2D eigenvalue weighted by molar-refractivity contribution is 6.31. The second-order valence-electron chi connectivity index (χ2n) is 4.61. The lowest BCUT2D eigenvalue weighted by Crippen LogP contribution is -2.24. The fourth-order valence-corrected chi connectivity index (χ4v) is 2.23. The highest BCUT2D eigenvalue weighted by Crippen LogP contribution is 2.23. The molecule has 106 valence electrons. The molecule has 2 heterocycles. The number of nitrogens with zero attached hydrogens (tertiary/aromatic N) is 2. The first-order valence-electron chi connectivity index (χ1n) is 6.63. The summed E-state index contributed by atoms with van der Waals surface area (Å²) in [5, 5.41) is 4.03. The minimum absolute atomic E-state index is 0.0157. The second-order valence-corrected chi connectivity index (χ2v) is 5.02. The summed E-state index contributed by atoms with van der Waals surface area (Å²) >= 11 is 6.14. The van der Waals surface area contributed by atoms with Gasteiger partial charge >= 0.3 is 0 Å². The van der Waals surface area contributed by atoms with Crippen molar-refractivity contribution < 1.29 is 4.39 Å². The third-order valence-corrected chi connectivity index (χ3v) is 3.39. The normalized spacial score (nSPS) is 12.3. The Morgan fingerprint density at radius 2 is 2.15 bits per heavy atom. The van der Waals surface area contributed by atoms with E-state index in [0.717, 1.165) is 24.1 Å². The Labute approximate surface area is 123 Å². The van der Waals surface area contributed by atoms with E-state index in [1.54, 1.807) is 18.6 Å². The Morgan fingerprint density at radius 1 is 1.30 bits per heavy atom. The monoisotopic (exact) mass is 293 g/mol.